The minimum atomic E-state index is -0.113. The van der Waals surface area contributed by atoms with Crippen molar-refractivity contribution in [3.63, 3.8) is 0 Å². The van der Waals surface area contributed by atoms with Crippen molar-refractivity contribution in [2.45, 2.75) is 13.8 Å². The third-order valence-corrected chi connectivity index (χ3v) is 1.80. The zero-order valence-electron chi connectivity index (χ0n) is 8.79. The van der Waals surface area contributed by atoms with E-state index in [0.717, 1.165) is 5.56 Å². The molecule has 0 heterocycles. The molecule has 0 atom stereocenters. The number of phenolic OH excluding ortho intramolecular Hbond substituents is 1. The molecule has 0 bridgehead atoms. The van der Waals surface area contributed by atoms with E-state index in [2.05, 4.69) is 17.2 Å². The van der Waals surface area contributed by atoms with Crippen LogP contribution in [0.15, 0.2) is 18.2 Å². The first-order valence-electron chi connectivity index (χ1n) is 4.62. The summed E-state index contributed by atoms with van der Waals surface area (Å²) in [6.07, 6.45) is 0. The fraction of sp³-hybridized carbons (Fsp3) is 0.250. The molecule has 0 saturated heterocycles. The smallest absolute Gasteiger partial charge is 0.217 e. The SMILES string of the molecule is CC(=O)NCC#Cc1cc(C)ccc1O. The Bertz CT molecular complexity index is 427. The molecule has 0 aliphatic carbocycles. The minimum absolute atomic E-state index is 0.113. The standard InChI is InChI=1S/C12H13NO2/c1-9-5-6-12(15)11(8-9)4-3-7-13-10(2)14/h5-6,8,15H,7H2,1-2H3,(H,13,14). The number of aryl methyl sites for hydroxylation is 1. The molecular formula is C12H13NO2. The number of phenols is 1. The average molecular weight is 203 g/mol. The van der Waals surface area contributed by atoms with Gasteiger partial charge in [-0.1, -0.05) is 17.9 Å². The summed E-state index contributed by atoms with van der Waals surface area (Å²) in [7, 11) is 0. The van der Waals surface area contributed by atoms with Crippen LogP contribution in [0.2, 0.25) is 0 Å². The lowest BCUT2D eigenvalue weighted by atomic mass is 10.1. The van der Waals surface area contributed by atoms with Crippen LogP contribution < -0.4 is 5.32 Å². The fourth-order valence-corrected chi connectivity index (χ4v) is 1.06. The minimum Gasteiger partial charge on any atom is -0.507 e. The summed E-state index contributed by atoms with van der Waals surface area (Å²) in [4.78, 5) is 10.5. The predicted octanol–water partition coefficient (Wildman–Crippen LogP) is 1.19. The zero-order valence-corrected chi connectivity index (χ0v) is 8.79. The van der Waals surface area contributed by atoms with Crippen LogP contribution in [-0.4, -0.2) is 17.6 Å². The number of carbonyl (C=O) groups is 1. The Morgan fingerprint density at radius 3 is 2.93 bits per heavy atom. The molecule has 78 valence electrons. The maximum absolute atomic E-state index is 10.5. The van der Waals surface area contributed by atoms with Gasteiger partial charge in [0.05, 0.1) is 12.1 Å². The molecule has 15 heavy (non-hydrogen) atoms. The van der Waals surface area contributed by atoms with Crippen molar-refractivity contribution in [2.24, 2.45) is 0 Å². The highest BCUT2D eigenvalue weighted by Gasteiger charge is 1.96. The monoisotopic (exact) mass is 203 g/mol. The summed E-state index contributed by atoms with van der Waals surface area (Å²) in [5.41, 5.74) is 1.62. The molecule has 0 saturated carbocycles. The predicted molar refractivity (Wildman–Crippen MR) is 58.4 cm³/mol. The highest BCUT2D eigenvalue weighted by Crippen LogP contribution is 2.16. The highest BCUT2D eigenvalue weighted by atomic mass is 16.3. The molecule has 1 aromatic rings. The van der Waals surface area contributed by atoms with E-state index >= 15 is 0 Å². The Hall–Kier alpha value is -1.95. The summed E-state index contributed by atoms with van der Waals surface area (Å²) >= 11 is 0. The van der Waals surface area contributed by atoms with Gasteiger partial charge in [0.25, 0.3) is 0 Å². The maximum Gasteiger partial charge on any atom is 0.217 e. The number of benzene rings is 1. The Balaban J connectivity index is 2.71. The van der Waals surface area contributed by atoms with Gasteiger partial charge in [0.2, 0.25) is 5.91 Å². The Kier molecular flexibility index (Phi) is 3.75. The van der Waals surface area contributed by atoms with Gasteiger partial charge in [-0.25, -0.2) is 0 Å². The Morgan fingerprint density at radius 2 is 2.27 bits per heavy atom. The van der Waals surface area contributed by atoms with Gasteiger partial charge in [0.1, 0.15) is 5.75 Å². The number of hydrogen-bond acceptors (Lipinski definition) is 2. The van der Waals surface area contributed by atoms with Crippen molar-refractivity contribution in [3.8, 4) is 17.6 Å². The molecule has 3 nitrogen and oxygen atoms in total. The van der Waals surface area contributed by atoms with E-state index in [1.807, 2.05) is 13.0 Å². The van der Waals surface area contributed by atoms with Crippen molar-refractivity contribution in [1.82, 2.24) is 5.32 Å². The molecule has 3 heteroatoms. The second-order valence-electron chi connectivity index (χ2n) is 3.23. The lowest BCUT2D eigenvalue weighted by Crippen LogP contribution is -2.19. The third-order valence-electron chi connectivity index (χ3n) is 1.80. The molecule has 0 aliphatic rings. The van der Waals surface area contributed by atoms with Gasteiger partial charge in [0, 0.05) is 6.92 Å². The van der Waals surface area contributed by atoms with E-state index in [4.69, 9.17) is 0 Å². The highest BCUT2D eigenvalue weighted by molar-refractivity contribution is 5.73. The molecule has 0 spiro atoms. The number of nitrogens with one attached hydrogen (secondary N) is 1. The quantitative estimate of drug-likeness (QED) is 0.673. The fourth-order valence-electron chi connectivity index (χ4n) is 1.06. The lowest BCUT2D eigenvalue weighted by Gasteiger charge is -1.97. The molecule has 0 radical (unpaired) electrons. The summed E-state index contributed by atoms with van der Waals surface area (Å²) in [6, 6.07) is 5.22. The van der Waals surface area contributed by atoms with Gasteiger partial charge in [-0.05, 0) is 24.6 Å². The second kappa shape index (κ2) is 5.06. The van der Waals surface area contributed by atoms with Crippen molar-refractivity contribution < 1.29 is 9.90 Å². The number of amides is 1. The normalized spacial score (nSPS) is 8.93. The Morgan fingerprint density at radius 1 is 1.53 bits per heavy atom. The molecular weight excluding hydrogens is 190 g/mol. The van der Waals surface area contributed by atoms with Gasteiger partial charge in [-0.15, -0.1) is 0 Å². The summed E-state index contributed by atoms with van der Waals surface area (Å²) < 4.78 is 0. The summed E-state index contributed by atoms with van der Waals surface area (Å²) in [5, 5.41) is 12.0. The molecule has 0 aromatic heterocycles. The molecule has 1 aromatic carbocycles. The molecule has 1 rings (SSSR count). The first-order valence-corrected chi connectivity index (χ1v) is 4.62. The lowest BCUT2D eigenvalue weighted by molar-refractivity contribution is -0.118. The largest absolute Gasteiger partial charge is 0.507 e. The first-order chi connectivity index (χ1) is 7.09. The summed E-state index contributed by atoms with van der Waals surface area (Å²) in [5.74, 6) is 5.60. The van der Waals surface area contributed by atoms with Crippen LogP contribution in [0.5, 0.6) is 5.75 Å². The maximum atomic E-state index is 10.5. The van der Waals surface area contributed by atoms with Gasteiger partial charge in [-0.2, -0.15) is 0 Å². The van der Waals surface area contributed by atoms with Gasteiger partial charge >= 0.3 is 0 Å². The number of rotatable bonds is 1. The molecule has 1 amide bonds. The van der Waals surface area contributed by atoms with Crippen LogP contribution >= 0.6 is 0 Å². The number of aromatic hydroxyl groups is 1. The van der Waals surface area contributed by atoms with E-state index in [1.165, 1.54) is 6.92 Å². The average Bonchev–Trinajstić information content (AvgIpc) is 2.17. The second-order valence-corrected chi connectivity index (χ2v) is 3.23. The van der Waals surface area contributed by atoms with E-state index < -0.39 is 0 Å². The van der Waals surface area contributed by atoms with E-state index in [1.54, 1.807) is 12.1 Å². The molecule has 0 fully saturated rings. The van der Waals surface area contributed by atoms with E-state index in [9.17, 15) is 9.90 Å². The van der Waals surface area contributed by atoms with Crippen LogP contribution in [0.4, 0.5) is 0 Å². The van der Waals surface area contributed by atoms with Crippen molar-refractivity contribution in [1.29, 1.82) is 0 Å². The number of hydrogen-bond donors (Lipinski definition) is 2. The van der Waals surface area contributed by atoms with Crippen molar-refractivity contribution in [2.75, 3.05) is 6.54 Å². The first kappa shape index (κ1) is 11.1. The molecule has 0 unspecified atom stereocenters. The van der Waals surface area contributed by atoms with Crippen LogP contribution in [0.3, 0.4) is 0 Å². The zero-order chi connectivity index (χ0) is 11.3. The molecule has 2 N–H and O–H groups in total. The number of carbonyl (C=O) groups excluding carboxylic acids is 1. The topological polar surface area (TPSA) is 49.3 Å². The van der Waals surface area contributed by atoms with Crippen molar-refractivity contribution >= 4 is 5.91 Å². The van der Waals surface area contributed by atoms with E-state index in [-0.39, 0.29) is 11.7 Å². The van der Waals surface area contributed by atoms with Crippen LogP contribution in [0, 0.1) is 18.8 Å². The van der Waals surface area contributed by atoms with Crippen LogP contribution in [-0.2, 0) is 4.79 Å². The van der Waals surface area contributed by atoms with Crippen LogP contribution in [0.1, 0.15) is 18.1 Å². The van der Waals surface area contributed by atoms with Gasteiger partial charge in [-0.3, -0.25) is 4.79 Å². The van der Waals surface area contributed by atoms with Crippen LogP contribution in [0.25, 0.3) is 0 Å². The van der Waals surface area contributed by atoms with Gasteiger partial charge in [0.15, 0.2) is 0 Å². The van der Waals surface area contributed by atoms with Crippen molar-refractivity contribution in [3.05, 3.63) is 29.3 Å². The van der Waals surface area contributed by atoms with E-state index in [0.29, 0.717) is 12.1 Å². The third kappa shape index (κ3) is 3.74. The summed E-state index contributed by atoms with van der Waals surface area (Å²) in [6.45, 7) is 3.66. The Labute approximate surface area is 89.1 Å². The van der Waals surface area contributed by atoms with Gasteiger partial charge < -0.3 is 10.4 Å². The molecule has 0 aliphatic heterocycles.